The number of amides is 3. The van der Waals surface area contributed by atoms with E-state index in [0.29, 0.717) is 18.0 Å². The van der Waals surface area contributed by atoms with Crippen molar-refractivity contribution in [2.75, 3.05) is 29.9 Å². The van der Waals surface area contributed by atoms with Gasteiger partial charge in [0.15, 0.2) is 11.6 Å². The fourth-order valence-corrected chi connectivity index (χ4v) is 2.38. The Hall–Kier alpha value is -3.62. The van der Waals surface area contributed by atoms with E-state index in [2.05, 4.69) is 15.6 Å². The number of carboxylic acid groups (broad SMARTS) is 1. The van der Waals surface area contributed by atoms with Crippen LogP contribution in [-0.2, 0) is 4.79 Å². The van der Waals surface area contributed by atoms with Gasteiger partial charge >= 0.3 is 12.0 Å². The van der Waals surface area contributed by atoms with Crippen molar-refractivity contribution in [2.45, 2.75) is 0 Å². The molecule has 2 aromatic rings. The summed E-state index contributed by atoms with van der Waals surface area (Å²) < 4.78 is 5.48. The van der Waals surface area contributed by atoms with E-state index in [9.17, 15) is 14.4 Å². The molecule has 1 aromatic carbocycles. The molecule has 0 fully saturated rings. The molecule has 3 N–H and O–H groups in total. The highest BCUT2D eigenvalue weighted by Gasteiger charge is 2.26. The standard InChI is InChI=1S/C17H16N4O5/c22-14(23)10-18-16(24)12-6-7-13-15(20-12)21(8-9-26-13)17(25)19-11-4-2-1-3-5-11/h1-7H,8-10H2,(H,18,24)(H,19,25)(H,22,23). The number of urea groups is 1. The molecule has 0 saturated carbocycles. The minimum Gasteiger partial charge on any atom is -0.488 e. The lowest BCUT2D eigenvalue weighted by Crippen LogP contribution is -2.41. The van der Waals surface area contributed by atoms with Gasteiger partial charge in [0.05, 0.1) is 6.54 Å². The monoisotopic (exact) mass is 356 g/mol. The Labute approximate surface area is 148 Å². The number of ether oxygens (including phenoxy) is 1. The number of para-hydroxylation sites is 1. The largest absolute Gasteiger partial charge is 0.488 e. The number of benzene rings is 1. The molecule has 0 unspecified atom stereocenters. The minimum atomic E-state index is -1.16. The van der Waals surface area contributed by atoms with Crippen molar-refractivity contribution in [3.63, 3.8) is 0 Å². The second-order valence-electron chi connectivity index (χ2n) is 5.39. The highest BCUT2D eigenvalue weighted by atomic mass is 16.5. The second-order valence-corrected chi connectivity index (χ2v) is 5.39. The number of rotatable bonds is 4. The summed E-state index contributed by atoms with van der Waals surface area (Å²) >= 11 is 0. The first kappa shape index (κ1) is 17.2. The third-order valence-corrected chi connectivity index (χ3v) is 3.57. The average molecular weight is 356 g/mol. The van der Waals surface area contributed by atoms with Gasteiger partial charge < -0.3 is 20.5 Å². The van der Waals surface area contributed by atoms with Gasteiger partial charge in [-0.25, -0.2) is 9.78 Å². The summed E-state index contributed by atoms with van der Waals surface area (Å²) in [4.78, 5) is 40.7. The molecule has 0 saturated heterocycles. The molecule has 0 atom stereocenters. The van der Waals surface area contributed by atoms with Crippen LogP contribution in [0.1, 0.15) is 10.5 Å². The number of carboxylic acids is 1. The first-order valence-corrected chi connectivity index (χ1v) is 7.82. The Kier molecular flexibility index (Phi) is 4.97. The van der Waals surface area contributed by atoms with Gasteiger partial charge in [0.25, 0.3) is 5.91 Å². The second kappa shape index (κ2) is 7.51. The van der Waals surface area contributed by atoms with E-state index < -0.39 is 24.5 Å². The Morgan fingerprint density at radius 1 is 1.15 bits per heavy atom. The van der Waals surface area contributed by atoms with Gasteiger partial charge in [0.2, 0.25) is 0 Å². The Bertz CT molecular complexity index is 840. The van der Waals surface area contributed by atoms with Crippen LogP contribution in [0, 0.1) is 0 Å². The van der Waals surface area contributed by atoms with Crippen molar-refractivity contribution in [1.82, 2.24) is 10.3 Å². The molecule has 0 aliphatic carbocycles. The smallest absolute Gasteiger partial charge is 0.327 e. The van der Waals surface area contributed by atoms with E-state index in [4.69, 9.17) is 9.84 Å². The number of nitrogens with zero attached hydrogens (tertiary/aromatic N) is 2. The molecule has 3 rings (SSSR count). The molecular weight excluding hydrogens is 340 g/mol. The van der Waals surface area contributed by atoms with Gasteiger partial charge in [-0.05, 0) is 24.3 Å². The molecule has 0 radical (unpaired) electrons. The number of nitrogens with one attached hydrogen (secondary N) is 2. The van der Waals surface area contributed by atoms with Crippen LogP contribution < -0.4 is 20.3 Å². The summed E-state index contributed by atoms with van der Waals surface area (Å²) in [5.74, 6) is -1.24. The van der Waals surface area contributed by atoms with Crippen LogP contribution in [0.25, 0.3) is 0 Å². The maximum Gasteiger partial charge on any atom is 0.327 e. The van der Waals surface area contributed by atoms with Crippen LogP contribution in [0.4, 0.5) is 16.3 Å². The molecule has 2 heterocycles. The SMILES string of the molecule is O=C(O)CNC(=O)c1ccc2c(n1)N(C(=O)Nc1ccccc1)CCO2. The van der Waals surface area contributed by atoms with Crippen LogP contribution >= 0.6 is 0 Å². The first-order chi connectivity index (χ1) is 12.5. The summed E-state index contributed by atoms with van der Waals surface area (Å²) in [6.45, 7) is 0.0343. The molecule has 1 aliphatic heterocycles. The molecule has 26 heavy (non-hydrogen) atoms. The van der Waals surface area contributed by atoms with E-state index >= 15 is 0 Å². The first-order valence-electron chi connectivity index (χ1n) is 7.82. The van der Waals surface area contributed by atoms with Gasteiger partial charge in [0.1, 0.15) is 18.8 Å². The van der Waals surface area contributed by atoms with Crippen molar-refractivity contribution >= 4 is 29.4 Å². The summed E-state index contributed by atoms with van der Waals surface area (Å²) in [5.41, 5.74) is 0.619. The fraction of sp³-hybridized carbons (Fsp3) is 0.176. The lowest BCUT2D eigenvalue weighted by atomic mass is 10.2. The quantitative estimate of drug-likeness (QED) is 0.760. The molecule has 3 amide bonds. The maximum absolute atomic E-state index is 12.6. The van der Waals surface area contributed by atoms with Crippen LogP contribution in [0.2, 0.25) is 0 Å². The van der Waals surface area contributed by atoms with E-state index in [1.165, 1.54) is 17.0 Å². The topological polar surface area (TPSA) is 121 Å². The number of hydrogen-bond acceptors (Lipinski definition) is 5. The number of aromatic nitrogens is 1. The number of anilines is 2. The zero-order valence-corrected chi connectivity index (χ0v) is 13.6. The number of carbonyl (C=O) groups excluding carboxylic acids is 2. The lowest BCUT2D eigenvalue weighted by Gasteiger charge is -2.28. The number of fused-ring (bicyclic) bond motifs is 1. The Balaban J connectivity index is 1.81. The normalized spacial score (nSPS) is 12.5. The summed E-state index contributed by atoms with van der Waals surface area (Å²) in [6, 6.07) is 11.5. The van der Waals surface area contributed by atoms with Crippen molar-refractivity contribution in [2.24, 2.45) is 0 Å². The predicted octanol–water partition coefficient (Wildman–Crippen LogP) is 1.33. The fourth-order valence-electron chi connectivity index (χ4n) is 2.38. The average Bonchev–Trinajstić information content (AvgIpc) is 2.65. The predicted molar refractivity (Wildman–Crippen MR) is 92.5 cm³/mol. The third kappa shape index (κ3) is 3.89. The summed E-state index contributed by atoms with van der Waals surface area (Å²) in [7, 11) is 0. The van der Waals surface area contributed by atoms with Crippen molar-refractivity contribution in [3.8, 4) is 5.75 Å². The van der Waals surface area contributed by atoms with Crippen LogP contribution in [0.3, 0.4) is 0 Å². The highest BCUT2D eigenvalue weighted by Crippen LogP contribution is 2.30. The molecule has 9 nitrogen and oxygen atoms in total. The van der Waals surface area contributed by atoms with Crippen LogP contribution in [0.5, 0.6) is 5.75 Å². The van der Waals surface area contributed by atoms with Crippen LogP contribution in [0.15, 0.2) is 42.5 Å². The van der Waals surface area contributed by atoms with E-state index in [0.717, 1.165) is 0 Å². The maximum atomic E-state index is 12.6. The zero-order valence-electron chi connectivity index (χ0n) is 13.6. The van der Waals surface area contributed by atoms with E-state index in [1.54, 1.807) is 24.3 Å². The molecular formula is C17H16N4O5. The molecule has 134 valence electrons. The zero-order chi connectivity index (χ0) is 18.5. The minimum absolute atomic E-state index is 0.00647. The van der Waals surface area contributed by atoms with E-state index in [1.807, 2.05) is 6.07 Å². The Morgan fingerprint density at radius 2 is 1.92 bits per heavy atom. The number of carbonyl (C=O) groups is 3. The van der Waals surface area contributed by atoms with Crippen molar-refractivity contribution in [3.05, 3.63) is 48.2 Å². The van der Waals surface area contributed by atoms with Crippen molar-refractivity contribution in [1.29, 1.82) is 0 Å². The lowest BCUT2D eigenvalue weighted by molar-refractivity contribution is -0.135. The van der Waals surface area contributed by atoms with Gasteiger partial charge in [-0.2, -0.15) is 0 Å². The van der Waals surface area contributed by atoms with Gasteiger partial charge in [0, 0.05) is 5.69 Å². The highest BCUT2D eigenvalue weighted by molar-refractivity contribution is 6.03. The molecule has 9 heteroatoms. The van der Waals surface area contributed by atoms with Gasteiger partial charge in [-0.1, -0.05) is 18.2 Å². The summed E-state index contributed by atoms with van der Waals surface area (Å²) in [5, 5.41) is 13.6. The number of hydrogen-bond donors (Lipinski definition) is 3. The molecule has 0 spiro atoms. The molecule has 1 aliphatic rings. The van der Waals surface area contributed by atoms with Crippen LogP contribution in [-0.4, -0.2) is 47.7 Å². The Morgan fingerprint density at radius 3 is 2.65 bits per heavy atom. The number of aliphatic carboxylic acids is 1. The third-order valence-electron chi connectivity index (χ3n) is 3.57. The molecule has 1 aromatic heterocycles. The molecule has 0 bridgehead atoms. The summed E-state index contributed by atoms with van der Waals surface area (Å²) in [6.07, 6.45) is 0. The van der Waals surface area contributed by atoms with Gasteiger partial charge in [-0.15, -0.1) is 0 Å². The number of pyridine rings is 1. The van der Waals surface area contributed by atoms with Crippen molar-refractivity contribution < 1.29 is 24.2 Å². The van der Waals surface area contributed by atoms with E-state index in [-0.39, 0.29) is 18.1 Å². The van der Waals surface area contributed by atoms with Gasteiger partial charge in [-0.3, -0.25) is 14.5 Å².